The molecule has 0 aromatic heterocycles. The van der Waals surface area contributed by atoms with E-state index in [1.54, 1.807) is 0 Å². The van der Waals surface area contributed by atoms with Crippen molar-refractivity contribution in [1.29, 1.82) is 0 Å². The van der Waals surface area contributed by atoms with Crippen molar-refractivity contribution in [1.82, 2.24) is 0 Å². The first kappa shape index (κ1) is 15.5. The summed E-state index contributed by atoms with van der Waals surface area (Å²) in [5.41, 5.74) is 15.3. The summed E-state index contributed by atoms with van der Waals surface area (Å²) in [6, 6.07) is 0. The molecule has 0 aromatic rings. The van der Waals surface area contributed by atoms with E-state index in [1.807, 2.05) is 0 Å². The Balaban J connectivity index is 3.65. The molecule has 0 saturated carbocycles. The van der Waals surface area contributed by atoms with Gasteiger partial charge in [0, 0.05) is 6.61 Å². The first-order valence-corrected chi connectivity index (χ1v) is 5.44. The van der Waals surface area contributed by atoms with E-state index in [-0.39, 0.29) is 11.9 Å². The Morgan fingerprint density at radius 2 is 1.94 bits per heavy atom. The number of nitrogens with two attached hydrogens (primary N) is 3. The first-order valence-electron chi connectivity index (χ1n) is 5.44. The summed E-state index contributed by atoms with van der Waals surface area (Å²) >= 11 is 0. The molecule has 0 spiro atoms. The Bertz CT molecular complexity index is 258. The van der Waals surface area contributed by atoms with Crippen molar-refractivity contribution < 1.29 is 14.4 Å². The lowest BCUT2D eigenvalue weighted by atomic mass is 10.2. The molecule has 0 aliphatic rings. The number of unbranched alkanes of at least 4 members (excludes halogenated alkanes) is 3. The minimum absolute atomic E-state index is 0.246. The van der Waals surface area contributed by atoms with Gasteiger partial charge in [-0.05, 0) is 6.42 Å². The van der Waals surface area contributed by atoms with Crippen molar-refractivity contribution >= 4 is 19.2 Å². The van der Waals surface area contributed by atoms with Gasteiger partial charge in [-0.2, -0.15) is 4.99 Å². The summed E-state index contributed by atoms with van der Waals surface area (Å²) in [4.78, 5) is 3.38. The number of hydrogen-bond donors (Lipinski definition) is 4. The molecule has 0 radical (unpaired) electrons. The SMILES string of the molecule is CCCCCCOB(O)ON=C(N)N=C(N)N. The maximum atomic E-state index is 9.17. The largest absolute Gasteiger partial charge is 0.732 e. The summed E-state index contributed by atoms with van der Waals surface area (Å²) in [7, 11) is -1.47. The number of guanidine groups is 2. The van der Waals surface area contributed by atoms with Gasteiger partial charge in [0.1, 0.15) is 0 Å². The number of rotatable bonds is 8. The molecule has 0 aromatic carbocycles. The van der Waals surface area contributed by atoms with E-state index in [4.69, 9.17) is 21.9 Å². The van der Waals surface area contributed by atoms with Crippen LogP contribution in [0.4, 0.5) is 0 Å². The maximum Gasteiger partial charge on any atom is 0.732 e. The molecule has 0 aliphatic carbocycles. The summed E-state index contributed by atoms with van der Waals surface area (Å²) in [5.74, 6) is -0.538. The fourth-order valence-corrected chi connectivity index (χ4v) is 0.995. The summed E-state index contributed by atoms with van der Waals surface area (Å²) in [6.45, 7) is 2.50. The van der Waals surface area contributed by atoms with Gasteiger partial charge in [-0.15, -0.1) is 0 Å². The number of aliphatic imine (C=N–C) groups is 1. The Morgan fingerprint density at radius 3 is 2.53 bits per heavy atom. The van der Waals surface area contributed by atoms with Crippen LogP contribution in [0, 0.1) is 0 Å². The van der Waals surface area contributed by atoms with Gasteiger partial charge in [0.05, 0.1) is 0 Å². The summed E-state index contributed by atoms with van der Waals surface area (Å²) in [6.07, 6.45) is 4.16. The molecule has 9 heteroatoms. The molecule has 8 nitrogen and oxygen atoms in total. The molecule has 0 bridgehead atoms. The zero-order valence-electron chi connectivity index (χ0n) is 10.0. The minimum Gasteiger partial charge on any atom is -0.401 e. The van der Waals surface area contributed by atoms with Crippen LogP contribution in [-0.2, 0) is 9.41 Å². The van der Waals surface area contributed by atoms with Gasteiger partial charge in [0.15, 0.2) is 5.96 Å². The quantitative estimate of drug-likeness (QED) is 0.143. The second kappa shape index (κ2) is 9.73. The van der Waals surface area contributed by atoms with Crippen molar-refractivity contribution in [3.63, 3.8) is 0 Å². The fourth-order valence-electron chi connectivity index (χ4n) is 0.995. The van der Waals surface area contributed by atoms with Crippen LogP contribution in [0.3, 0.4) is 0 Å². The van der Waals surface area contributed by atoms with Crippen molar-refractivity contribution in [3.8, 4) is 0 Å². The third-order valence-electron chi connectivity index (χ3n) is 1.74. The van der Waals surface area contributed by atoms with Gasteiger partial charge < -0.3 is 31.6 Å². The second-order valence-electron chi connectivity index (χ2n) is 3.33. The molecule has 0 aliphatic heterocycles. The molecule has 98 valence electrons. The van der Waals surface area contributed by atoms with E-state index in [9.17, 15) is 5.02 Å². The number of hydrogen-bond acceptors (Lipinski definition) is 4. The lowest BCUT2D eigenvalue weighted by Crippen LogP contribution is -2.27. The molecular formula is C8H20BN5O3. The van der Waals surface area contributed by atoms with Crippen LogP contribution in [0.1, 0.15) is 32.6 Å². The van der Waals surface area contributed by atoms with Crippen molar-refractivity contribution in [2.45, 2.75) is 32.6 Å². The molecule has 0 saturated heterocycles. The summed E-state index contributed by atoms with van der Waals surface area (Å²) in [5, 5.41) is 12.4. The Labute approximate surface area is 101 Å². The highest BCUT2D eigenvalue weighted by molar-refractivity contribution is 6.34. The number of nitrogens with zero attached hydrogens (tertiary/aromatic N) is 2. The van der Waals surface area contributed by atoms with E-state index < -0.39 is 7.32 Å². The average Bonchev–Trinajstić information content (AvgIpc) is 2.25. The standard InChI is InChI=1S/C8H20BN5O3/c1-2-3-4-5-6-16-9(15)17-14-8(12)13-7(10)11/h15H,2-6H2,1H3,(H6,10,11,12,13,14). The summed E-state index contributed by atoms with van der Waals surface area (Å²) < 4.78 is 9.39. The molecule has 0 unspecified atom stereocenters. The van der Waals surface area contributed by atoms with E-state index >= 15 is 0 Å². The van der Waals surface area contributed by atoms with Gasteiger partial charge in [-0.1, -0.05) is 31.3 Å². The number of oxime groups is 1. The minimum atomic E-state index is -1.47. The van der Waals surface area contributed by atoms with Crippen LogP contribution in [0.25, 0.3) is 0 Å². The highest BCUT2D eigenvalue weighted by Crippen LogP contribution is 1.99. The first-order chi connectivity index (χ1) is 8.06. The van der Waals surface area contributed by atoms with Crippen LogP contribution < -0.4 is 17.2 Å². The van der Waals surface area contributed by atoms with Crippen LogP contribution in [-0.4, -0.2) is 30.9 Å². The fraction of sp³-hybridized carbons (Fsp3) is 0.750. The average molecular weight is 245 g/mol. The molecular weight excluding hydrogens is 225 g/mol. The van der Waals surface area contributed by atoms with E-state index in [0.29, 0.717) is 6.61 Å². The lowest BCUT2D eigenvalue weighted by Gasteiger charge is -2.05. The topological polar surface area (TPSA) is 141 Å². The second-order valence-corrected chi connectivity index (χ2v) is 3.33. The van der Waals surface area contributed by atoms with Crippen molar-refractivity contribution in [2.75, 3.05) is 6.61 Å². The molecule has 0 atom stereocenters. The third kappa shape index (κ3) is 10.8. The molecule has 0 heterocycles. The predicted octanol–water partition coefficient (Wildman–Crippen LogP) is -0.920. The van der Waals surface area contributed by atoms with Gasteiger partial charge in [-0.3, -0.25) is 0 Å². The molecule has 17 heavy (non-hydrogen) atoms. The van der Waals surface area contributed by atoms with Crippen molar-refractivity contribution in [3.05, 3.63) is 0 Å². The van der Waals surface area contributed by atoms with Crippen molar-refractivity contribution in [2.24, 2.45) is 27.3 Å². The lowest BCUT2D eigenvalue weighted by molar-refractivity contribution is 0.135. The van der Waals surface area contributed by atoms with E-state index in [2.05, 4.69) is 21.8 Å². The molecule has 0 fully saturated rings. The van der Waals surface area contributed by atoms with Crippen LogP contribution >= 0.6 is 0 Å². The third-order valence-corrected chi connectivity index (χ3v) is 1.74. The van der Waals surface area contributed by atoms with Gasteiger partial charge in [0.25, 0.3) is 5.96 Å². The van der Waals surface area contributed by atoms with E-state index in [1.165, 1.54) is 0 Å². The highest BCUT2D eigenvalue weighted by atomic mass is 16.8. The van der Waals surface area contributed by atoms with Gasteiger partial charge in [-0.25, -0.2) is 0 Å². The predicted molar refractivity (Wildman–Crippen MR) is 66.6 cm³/mol. The molecule has 0 rings (SSSR count). The molecule has 0 amide bonds. The Morgan fingerprint density at radius 1 is 1.24 bits per heavy atom. The zero-order valence-corrected chi connectivity index (χ0v) is 10.0. The van der Waals surface area contributed by atoms with Gasteiger partial charge >= 0.3 is 7.32 Å². The van der Waals surface area contributed by atoms with Gasteiger partial charge in [0.2, 0.25) is 0 Å². The Hall–Kier alpha value is -1.48. The van der Waals surface area contributed by atoms with E-state index in [0.717, 1.165) is 25.7 Å². The zero-order chi connectivity index (χ0) is 13.1. The van der Waals surface area contributed by atoms with Crippen LogP contribution in [0.2, 0.25) is 0 Å². The molecule has 7 N–H and O–H groups in total. The Kier molecular flexibility index (Phi) is 8.89. The van der Waals surface area contributed by atoms with Crippen LogP contribution in [0.5, 0.6) is 0 Å². The smallest absolute Gasteiger partial charge is 0.401 e. The normalized spacial score (nSPS) is 11.1. The monoisotopic (exact) mass is 245 g/mol. The van der Waals surface area contributed by atoms with Crippen LogP contribution in [0.15, 0.2) is 10.1 Å². The maximum absolute atomic E-state index is 9.17. The highest BCUT2D eigenvalue weighted by Gasteiger charge is 2.17.